The smallest absolute Gasteiger partial charge is 0.294 e. The van der Waals surface area contributed by atoms with Crippen molar-refractivity contribution < 1.29 is 18.8 Å². The number of anilines is 1. The van der Waals surface area contributed by atoms with Gasteiger partial charge in [-0.3, -0.25) is 19.3 Å². The third kappa shape index (κ3) is 4.33. The van der Waals surface area contributed by atoms with Gasteiger partial charge < -0.3 is 9.88 Å². The van der Waals surface area contributed by atoms with Crippen molar-refractivity contribution in [1.29, 1.82) is 0 Å². The van der Waals surface area contributed by atoms with Crippen molar-refractivity contribution in [3.63, 3.8) is 0 Å². The summed E-state index contributed by atoms with van der Waals surface area (Å²) in [5.41, 5.74) is 2.27. The van der Waals surface area contributed by atoms with Crippen LogP contribution in [-0.2, 0) is 9.59 Å². The van der Waals surface area contributed by atoms with E-state index in [2.05, 4.69) is 23.7 Å². The highest BCUT2D eigenvalue weighted by Gasteiger charge is 2.36. The van der Waals surface area contributed by atoms with E-state index in [1.54, 1.807) is 6.08 Å². The predicted molar refractivity (Wildman–Crippen MR) is 107 cm³/mol. The van der Waals surface area contributed by atoms with Gasteiger partial charge in [0.15, 0.2) is 0 Å². The Kier molecular flexibility index (Phi) is 5.69. The molecular formula is C20H20FN3O3S. The lowest BCUT2D eigenvalue weighted by Gasteiger charge is -2.12. The summed E-state index contributed by atoms with van der Waals surface area (Å²) in [5, 5.41) is 2.05. The van der Waals surface area contributed by atoms with E-state index in [0.717, 1.165) is 27.9 Å². The maximum absolute atomic E-state index is 12.9. The van der Waals surface area contributed by atoms with Crippen LogP contribution in [0.4, 0.5) is 14.9 Å². The lowest BCUT2D eigenvalue weighted by Crippen LogP contribution is -2.36. The molecule has 0 aliphatic carbocycles. The Morgan fingerprint density at radius 1 is 1.25 bits per heavy atom. The van der Waals surface area contributed by atoms with Crippen molar-refractivity contribution in [2.45, 2.75) is 26.8 Å². The van der Waals surface area contributed by atoms with Crippen LogP contribution in [-0.4, -0.2) is 33.1 Å². The zero-order chi connectivity index (χ0) is 20.4. The number of halogens is 1. The second-order valence-electron chi connectivity index (χ2n) is 6.74. The Hall–Kier alpha value is -2.87. The van der Waals surface area contributed by atoms with Gasteiger partial charge in [-0.1, -0.05) is 0 Å². The first-order valence-electron chi connectivity index (χ1n) is 8.74. The standard InChI is InChI=1S/C20H20FN3O3S/c1-12(2)23-10-14(8-13(23)3)9-17-19(26)24(20(27)28-17)11-18(25)22-16-6-4-15(21)5-7-16/h4-10,12H,11H2,1-3H3,(H,22,25)/b17-9+. The molecule has 0 bridgehead atoms. The van der Waals surface area contributed by atoms with Crippen molar-refractivity contribution in [3.05, 3.63) is 58.5 Å². The maximum atomic E-state index is 12.9. The lowest BCUT2D eigenvalue weighted by molar-refractivity contribution is -0.127. The van der Waals surface area contributed by atoms with Gasteiger partial charge in [-0.2, -0.15) is 0 Å². The van der Waals surface area contributed by atoms with Crippen molar-refractivity contribution >= 4 is 40.6 Å². The summed E-state index contributed by atoms with van der Waals surface area (Å²) in [4.78, 5) is 38.1. The van der Waals surface area contributed by atoms with E-state index in [-0.39, 0.29) is 10.9 Å². The van der Waals surface area contributed by atoms with Crippen LogP contribution < -0.4 is 5.32 Å². The highest BCUT2D eigenvalue weighted by molar-refractivity contribution is 8.18. The van der Waals surface area contributed by atoms with Gasteiger partial charge in [0.05, 0.1) is 4.91 Å². The number of carbonyl (C=O) groups is 3. The summed E-state index contributed by atoms with van der Waals surface area (Å²) in [7, 11) is 0. The van der Waals surface area contributed by atoms with Gasteiger partial charge in [0, 0.05) is 23.6 Å². The molecule has 2 heterocycles. The second-order valence-corrected chi connectivity index (χ2v) is 7.73. The fourth-order valence-corrected chi connectivity index (χ4v) is 3.75. The summed E-state index contributed by atoms with van der Waals surface area (Å²) in [6, 6.07) is 7.46. The molecular weight excluding hydrogens is 381 g/mol. The first-order valence-corrected chi connectivity index (χ1v) is 9.55. The Morgan fingerprint density at radius 2 is 1.93 bits per heavy atom. The summed E-state index contributed by atoms with van der Waals surface area (Å²) in [6.45, 7) is 5.70. The molecule has 1 saturated heterocycles. The zero-order valence-corrected chi connectivity index (χ0v) is 16.5. The van der Waals surface area contributed by atoms with Crippen LogP contribution in [0.15, 0.2) is 41.4 Å². The number of amides is 3. The summed E-state index contributed by atoms with van der Waals surface area (Å²) >= 11 is 0.810. The zero-order valence-electron chi connectivity index (χ0n) is 15.7. The Labute approximate surface area is 166 Å². The third-order valence-corrected chi connectivity index (χ3v) is 5.14. The molecule has 28 heavy (non-hydrogen) atoms. The number of nitrogens with zero attached hydrogens (tertiary/aromatic N) is 2. The molecule has 0 saturated carbocycles. The molecule has 1 aromatic carbocycles. The fraction of sp³-hybridized carbons (Fsp3) is 0.250. The van der Waals surface area contributed by atoms with E-state index in [1.165, 1.54) is 24.3 Å². The number of aryl methyl sites for hydroxylation is 1. The molecule has 1 aromatic heterocycles. The molecule has 8 heteroatoms. The first kappa shape index (κ1) is 19.9. The van der Waals surface area contributed by atoms with Gasteiger partial charge in [-0.25, -0.2) is 4.39 Å². The number of benzene rings is 1. The van der Waals surface area contributed by atoms with Crippen molar-refractivity contribution in [3.8, 4) is 0 Å². The van der Waals surface area contributed by atoms with Crippen molar-refractivity contribution in [2.24, 2.45) is 0 Å². The molecule has 2 aromatic rings. The van der Waals surface area contributed by atoms with Crippen molar-refractivity contribution in [1.82, 2.24) is 9.47 Å². The maximum Gasteiger partial charge on any atom is 0.294 e. The molecule has 0 spiro atoms. The topological polar surface area (TPSA) is 71.4 Å². The van der Waals surface area contributed by atoms with Gasteiger partial charge in [0.1, 0.15) is 12.4 Å². The van der Waals surface area contributed by atoms with Crippen LogP contribution in [0.3, 0.4) is 0 Å². The molecule has 0 atom stereocenters. The Balaban J connectivity index is 1.70. The number of aromatic nitrogens is 1. The molecule has 3 amide bonds. The molecule has 1 aliphatic heterocycles. The van der Waals surface area contributed by atoms with Crippen molar-refractivity contribution in [2.75, 3.05) is 11.9 Å². The molecule has 0 unspecified atom stereocenters. The number of rotatable bonds is 5. The van der Waals surface area contributed by atoms with E-state index in [9.17, 15) is 18.8 Å². The van der Waals surface area contributed by atoms with E-state index >= 15 is 0 Å². The molecule has 146 valence electrons. The van der Waals surface area contributed by atoms with Crippen LogP contribution in [0, 0.1) is 12.7 Å². The number of imide groups is 1. The third-order valence-electron chi connectivity index (χ3n) is 4.23. The van der Waals surface area contributed by atoms with E-state index < -0.39 is 29.4 Å². The van der Waals surface area contributed by atoms with Crippen LogP contribution in [0.5, 0.6) is 0 Å². The minimum Gasteiger partial charge on any atom is -0.349 e. The Morgan fingerprint density at radius 3 is 2.54 bits per heavy atom. The molecule has 0 radical (unpaired) electrons. The number of carbonyl (C=O) groups excluding carboxylic acids is 3. The number of nitrogens with one attached hydrogen (secondary N) is 1. The van der Waals surface area contributed by atoms with Gasteiger partial charge in [-0.05, 0) is 74.5 Å². The van der Waals surface area contributed by atoms with Crippen LogP contribution in [0.2, 0.25) is 0 Å². The minimum absolute atomic E-state index is 0.278. The summed E-state index contributed by atoms with van der Waals surface area (Å²) in [5.74, 6) is -1.45. The van der Waals surface area contributed by atoms with E-state index in [0.29, 0.717) is 5.69 Å². The average molecular weight is 401 g/mol. The monoisotopic (exact) mass is 401 g/mol. The number of hydrogen-bond donors (Lipinski definition) is 1. The number of hydrogen-bond acceptors (Lipinski definition) is 4. The molecule has 3 rings (SSSR count). The minimum atomic E-state index is -0.531. The largest absolute Gasteiger partial charge is 0.349 e. The van der Waals surface area contributed by atoms with Gasteiger partial charge in [0.25, 0.3) is 11.1 Å². The number of thioether (sulfide) groups is 1. The Bertz CT molecular complexity index is 964. The molecule has 1 N–H and O–H groups in total. The highest BCUT2D eigenvalue weighted by Crippen LogP contribution is 2.32. The highest BCUT2D eigenvalue weighted by atomic mass is 32.2. The lowest BCUT2D eigenvalue weighted by atomic mass is 10.2. The second kappa shape index (κ2) is 8.02. The van der Waals surface area contributed by atoms with Crippen LogP contribution in [0.25, 0.3) is 6.08 Å². The van der Waals surface area contributed by atoms with E-state index in [1.807, 2.05) is 19.2 Å². The fourth-order valence-electron chi connectivity index (χ4n) is 2.92. The molecule has 1 fully saturated rings. The molecule has 1 aliphatic rings. The van der Waals surface area contributed by atoms with Crippen LogP contribution >= 0.6 is 11.8 Å². The van der Waals surface area contributed by atoms with Gasteiger partial charge in [0.2, 0.25) is 5.91 Å². The quantitative estimate of drug-likeness (QED) is 0.763. The van der Waals surface area contributed by atoms with Gasteiger partial charge in [-0.15, -0.1) is 0 Å². The van der Waals surface area contributed by atoms with Crippen LogP contribution in [0.1, 0.15) is 31.1 Å². The molecule has 6 nitrogen and oxygen atoms in total. The summed E-state index contributed by atoms with van der Waals surface area (Å²) < 4.78 is 15.0. The predicted octanol–water partition coefficient (Wildman–Crippen LogP) is 4.19. The average Bonchev–Trinajstić information content (AvgIpc) is 3.12. The van der Waals surface area contributed by atoms with E-state index in [4.69, 9.17) is 0 Å². The SMILES string of the molecule is Cc1cc(/C=C2/SC(=O)N(CC(=O)Nc3ccc(F)cc3)C2=O)cn1C(C)C. The summed E-state index contributed by atoms with van der Waals surface area (Å²) in [6.07, 6.45) is 3.59. The first-order chi connectivity index (χ1) is 13.2. The van der Waals surface area contributed by atoms with Gasteiger partial charge >= 0.3 is 0 Å². The normalized spacial score (nSPS) is 15.8.